The highest BCUT2D eigenvalue weighted by molar-refractivity contribution is 5.62. The van der Waals surface area contributed by atoms with Crippen molar-refractivity contribution >= 4 is 11.8 Å². The fourth-order valence-corrected chi connectivity index (χ4v) is 2.12. The molecule has 0 aliphatic heterocycles. The van der Waals surface area contributed by atoms with Gasteiger partial charge in [0, 0.05) is 11.6 Å². The summed E-state index contributed by atoms with van der Waals surface area (Å²) in [4.78, 5) is 0. The van der Waals surface area contributed by atoms with Crippen LogP contribution in [0.25, 0.3) is 6.08 Å². The lowest BCUT2D eigenvalue weighted by Gasteiger charge is -2.32. The van der Waals surface area contributed by atoms with E-state index in [1.807, 2.05) is 6.92 Å². The van der Waals surface area contributed by atoms with Gasteiger partial charge in [0.15, 0.2) is 0 Å². The molecule has 0 saturated heterocycles. The van der Waals surface area contributed by atoms with Crippen LogP contribution < -0.4 is 9.22 Å². The first kappa shape index (κ1) is 15.8. The van der Waals surface area contributed by atoms with Crippen LogP contribution in [0, 0.1) is 0 Å². The Balaban J connectivity index is 3.24. The molecule has 0 heterocycles. The monoisotopic (exact) mass is 262 g/mol. The molecule has 0 N–H and O–H groups in total. The molecular weight excluding hydrogens is 234 g/mol. The molecule has 0 aliphatic carbocycles. The molecular formula is C17H28NO+. The number of quaternary nitrogens is 1. The third-order valence-corrected chi connectivity index (χ3v) is 3.73. The Morgan fingerprint density at radius 2 is 1.84 bits per heavy atom. The van der Waals surface area contributed by atoms with E-state index in [1.54, 1.807) is 0 Å². The predicted molar refractivity (Wildman–Crippen MR) is 85.7 cm³/mol. The van der Waals surface area contributed by atoms with Crippen LogP contribution in [0.3, 0.4) is 0 Å². The second kappa shape index (κ2) is 6.76. The summed E-state index contributed by atoms with van der Waals surface area (Å²) in [5, 5.41) is 0. The van der Waals surface area contributed by atoms with E-state index in [4.69, 9.17) is 4.74 Å². The molecule has 0 radical (unpaired) electrons. The van der Waals surface area contributed by atoms with Crippen LogP contribution >= 0.6 is 0 Å². The normalized spacial score (nSPS) is 12.4. The lowest BCUT2D eigenvalue weighted by Crippen LogP contribution is -2.44. The highest BCUT2D eigenvalue weighted by atomic mass is 16.5. The van der Waals surface area contributed by atoms with Gasteiger partial charge >= 0.3 is 0 Å². The molecule has 1 aromatic carbocycles. The van der Waals surface area contributed by atoms with Gasteiger partial charge in [0.05, 0.1) is 26.2 Å². The Hall–Kier alpha value is -1.28. The number of hydrogen-bond donors (Lipinski definition) is 0. The van der Waals surface area contributed by atoms with Gasteiger partial charge in [0.1, 0.15) is 11.4 Å². The van der Waals surface area contributed by atoms with Gasteiger partial charge < -0.3 is 4.74 Å². The molecule has 1 aromatic rings. The molecule has 0 aromatic heterocycles. The molecule has 0 aliphatic rings. The first-order chi connectivity index (χ1) is 8.96. The van der Waals surface area contributed by atoms with Crippen LogP contribution in [-0.2, 0) is 0 Å². The van der Waals surface area contributed by atoms with Crippen LogP contribution in [0.4, 0.5) is 5.69 Å². The highest BCUT2D eigenvalue weighted by Gasteiger charge is 2.21. The molecule has 19 heavy (non-hydrogen) atoms. The van der Waals surface area contributed by atoms with E-state index in [0.717, 1.165) is 28.9 Å². The lowest BCUT2D eigenvalue weighted by molar-refractivity contribution is 0.241. The van der Waals surface area contributed by atoms with E-state index >= 15 is 0 Å². The van der Waals surface area contributed by atoms with Crippen LogP contribution in [0.1, 0.15) is 40.2 Å². The van der Waals surface area contributed by atoms with E-state index in [1.165, 1.54) is 5.69 Å². The summed E-state index contributed by atoms with van der Waals surface area (Å²) in [5.41, 5.74) is 2.47. The molecule has 2 heteroatoms. The second-order valence-electron chi connectivity index (χ2n) is 5.42. The van der Waals surface area contributed by atoms with Crippen molar-refractivity contribution in [2.75, 3.05) is 20.1 Å². The summed E-state index contributed by atoms with van der Waals surface area (Å²) in [5.74, 6) is 0.983. The Labute approximate surface area is 118 Å². The van der Waals surface area contributed by atoms with Crippen LogP contribution in [0.2, 0.25) is 0 Å². The first-order valence-electron chi connectivity index (χ1n) is 7.25. The van der Waals surface area contributed by atoms with E-state index < -0.39 is 0 Å². The Morgan fingerprint density at radius 1 is 1.21 bits per heavy atom. The van der Waals surface area contributed by atoms with Crippen molar-refractivity contribution in [3.05, 3.63) is 29.8 Å². The zero-order valence-electron chi connectivity index (χ0n) is 13.2. The summed E-state index contributed by atoms with van der Waals surface area (Å²) in [6.07, 6.45) is 4.35. The number of hydrogen-bond acceptors (Lipinski definition) is 1. The van der Waals surface area contributed by atoms with E-state index in [-0.39, 0.29) is 6.10 Å². The average Bonchev–Trinajstić information content (AvgIpc) is 2.39. The summed E-state index contributed by atoms with van der Waals surface area (Å²) in [7, 11) is 2.27. The largest absolute Gasteiger partial charge is 0.490 e. The first-order valence-corrected chi connectivity index (χ1v) is 7.25. The summed E-state index contributed by atoms with van der Waals surface area (Å²) in [6.45, 7) is 12.8. The van der Waals surface area contributed by atoms with Gasteiger partial charge in [-0.25, -0.2) is 0 Å². The maximum atomic E-state index is 5.96. The number of nitrogens with zero attached hydrogens (tertiary/aromatic N) is 1. The zero-order valence-corrected chi connectivity index (χ0v) is 13.2. The van der Waals surface area contributed by atoms with Gasteiger partial charge in [-0.15, -0.1) is 0 Å². The van der Waals surface area contributed by atoms with Crippen LogP contribution in [0.5, 0.6) is 5.75 Å². The fourth-order valence-electron chi connectivity index (χ4n) is 2.12. The molecule has 0 fully saturated rings. The highest BCUT2D eigenvalue weighted by Crippen LogP contribution is 2.30. The number of benzene rings is 1. The molecule has 0 saturated carbocycles. The number of allylic oxidation sites excluding steroid dienone is 1. The SMILES string of the molecule is CC=Cc1ccc([N+](C)(CC)CC)cc1OC(C)C. The van der Waals surface area contributed by atoms with Crippen molar-refractivity contribution in [2.45, 2.75) is 40.7 Å². The Bertz CT molecular complexity index is 431. The predicted octanol–water partition coefficient (Wildman–Crippen LogP) is 4.48. The molecule has 1 rings (SSSR count). The topological polar surface area (TPSA) is 9.23 Å². The molecule has 0 bridgehead atoms. The van der Waals surface area contributed by atoms with Gasteiger partial charge in [0.25, 0.3) is 0 Å². The lowest BCUT2D eigenvalue weighted by atomic mass is 10.1. The van der Waals surface area contributed by atoms with E-state index in [2.05, 4.69) is 65.1 Å². The van der Waals surface area contributed by atoms with Crippen molar-refractivity contribution in [1.29, 1.82) is 0 Å². The van der Waals surface area contributed by atoms with Crippen molar-refractivity contribution in [3.8, 4) is 5.75 Å². The Morgan fingerprint density at radius 3 is 2.32 bits per heavy atom. The summed E-state index contributed by atoms with van der Waals surface area (Å²) in [6, 6.07) is 6.58. The number of ether oxygens (including phenoxy) is 1. The van der Waals surface area contributed by atoms with Crippen molar-refractivity contribution in [3.63, 3.8) is 0 Å². The van der Waals surface area contributed by atoms with Crippen molar-refractivity contribution < 1.29 is 4.74 Å². The van der Waals surface area contributed by atoms with Gasteiger partial charge in [0.2, 0.25) is 0 Å². The zero-order chi connectivity index (χ0) is 14.5. The van der Waals surface area contributed by atoms with Crippen LogP contribution in [0.15, 0.2) is 24.3 Å². The third-order valence-electron chi connectivity index (χ3n) is 3.73. The molecule has 2 nitrogen and oxygen atoms in total. The Kier molecular flexibility index (Phi) is 5.61. The van der Waals surface area contributed by atoms with Crippen molar-refractivity contribution in [1.82, 2.24) is 4.48 Å². The number of rotatable bonds is 6. The van der Waals surface area contributed by atoms with E-state index in [9.17, 15) is 0 Å². The second-order valence-corrected chi connectivity index (χ2v) is 5.42. The van der Waals surface area contributed by atoms with Gasteiger partial charge in [-0.1, -0.05) is 12.2 Å². The molecule has 0 spiro atoms. The smallest absolute Gasteiger partial charge is 0.136 e. The quantitative estimate of drug-likeness (QED) is 0.687. The van der Waals surface area contributed by atoms with Crippen LogP contribution in [-0.4, -0.2) is 26.2 Å². The van der Waals surface area contributed by atoms with E-state index in [0.29, 0.717) is 0 Å². The maximum Gasteiger partial charge on any atom is 0.136 e. The van der Waals surface area contributed by atoms with Gasteiger partial charge in [-0.05, 0) is 46.8 Å². The molecule has 106 valence electrons. The third kappa shape index (κ3) is 3.84. The minimum Gasteiger partial charge on any atom is -0.490 e. The molecule has 0 amide bonds. The molecule has 0 atom stereocenters. The summed E-state index contributed by atoms with van der Waals surface area (Å²) < 4.78 is 6.90. The van der Waals surface area contributed by atoms with Gasteiger partial charge in [-0.2, -0.15) is 0 Å². The standard InChI is InChI=1S/C17H28NO/c1-7-10-15-11-12-16(18(6,8-2)9-3)13-17(15)19-14(4)5/h7,10-14H,8-9H2,1-6H3/q+1. The average molecular weight is 262 g/mol. The van der Waals surface area contributed by atoms with Gasteiger partial charge in [-0.3, -0.25) is 4.48 Å². The summed E-state index contributed by atoms with van der Waals surface area (Å²) >= 11 is 0. The molecule has 0 unspecified atom stereocenters. The fraction of sp³-hybridized carbons (Fsp3) is 0.529. The minimum absolute atomic E-state index is 0.196. The maximum absolute atomic E-state index is 5.96. The minimum atomic E-state index is 0.196. The van der Waals surface area contributed by atoms with Crippen molar-refractivity contribution in [2.24, 2.45) is 0 Å².